The van der Waals surface area contributed by atoms with Crippen LogP contribution in [-0.4, -0.2) is 62.5 Å². The van der Waals surface area contributed by atoms with Crippen LogP contribution in [0.25, 0.3) is 0 Å². The summed E-state index contributed by atoms with van der Waals surface area (Å²) in [5.74, 6) is 0. The van der Waals surface area contributed by atoms with Gasteiger partial charge in [-0.05, 0) is 19.4 Å². The Labute approximate surface area is 118 Å². The number of alkyl halides is 3. The number of hydrogen-bond donors (Lipinski definition) is 1. The van der Waals surface area contributed by atoms with Gasteiger partial charge < -0.3 is 5.32 Å². The molecule has 0 radical (unpaired) electrons. The molecule has 1 N–H and O–H groups in total. The number of likely N-dealkylation sites (N-methyl/N-ethyl adjacent to an activating group) is 1. The third-order valence-electron chi connectivity index (χ3n) is 3.30. The van der Waals surface area contributed by atoms with Crippen molar-refractivity contribution in [2.45, 2.75) is 38.4 Å². The summed E-state index contributed by atoms with van der Waals surface area (Å²) in [5, 5.41) is 3.06. The Hall–Kier alpha value is -0.380. The van der Waals surface area contributed by atoms with Crippen molar-refractivity contribution in [3.8, 4) is 0 Å². The van der Waals surface area contributed by atoms with Gasteiger partial charge in [0.05, 0.1) is 0 Å². The van der Waals surface area contributed by atoms with Gasteiger partial charge in [-0.15, -0.1) is 0 Å². The molecule has 1 rings (SSSR count). The van der Waals surface area contributed by atoms with E-state index in [4.69, 9.17) is 0 Å². The summed E-state index contributed by atoms with van der Waals surface area (Å²) in [5.41, 5.74) is 0. The number of halogens is 3. The smallest absolute Gasteiger partial charge is 0.315 e. The van der Waals surface area contributed by atoms with Crippen LogP contribution < -0.4 is 5.32 Å². The van der Waals surface area contributed by atoms with E-state index in [0.29, 0.717) is 30.2 Å². The Balaban J connectivity index is 2.81. The molecule has 0 saturated carbocycles. The summed E-state index contributed by atoms with van der Waals surface area (Å²) in [6, 6.07) is -0.274. The van der Waals surface area contributed by atoms with Gasteiger partial charge in [-0.2, -0.15) is 30.2 Å². The fraction of sp³-hybridized carbons (Fsp3) is 1.00. The molecule has 0 amide bonds. The number of rotatable bonds is 6. The zero-order valence-corrected chi connectivity index (χ0v) is 12.6. The van der Waals surface area contributed by atoms with Crippen LogP contribution in [-0.2, 0) is 10.2 Å². The molecule has 0 aromatic rings. The van der Waals surface area contributed by atoms with Crippen LogP contribution in [0.15, 0.2) is 0 Å². The van der Waals surface area contributed by atoms with Crippen molar-refractivity contribution in [1.29, 1.82) is 0 Å². The van der Waals surface area contributed by atoms with Crippen molar-refractivity contribution in [3.63, 3.8) is 0 Å². The summed E-state index contributed by atoms with van der Waals surface area (Å²) in [6.45, 7) is 1.89. The van der Waals surface area contributed by atoms with Crippen molar-refractivity contribution in [3.05, 3.63) is 0 Å². The van der Waals surface area contributed by atoms with E-state index >= 15 is 0 Å². The molecular formula is C11H22F3N3O2S. The van der Waals surface area contributed by atoms with Crippen molar-refractivity contribution in [2.75, 3.05) is 33.2 Å². The third-order valence-corrected chi connectivity index (χ3v) is 5.29. The maximum atomic E-state index is 12.4. The summed E-state index contributed by atoms with van der Waals surface area (Å²) in [4.78, 5) is 0. The molecule has 1 heterocycles. The highest BCUT2D eigenvalue weighted by Crippen LogP contribution is 2.24. The molecular weight excluding hydrogens is 295 g/mol. The van der Waals surface area contributed by atoms with E-state index in [1.54, 1.807) is 0 Å². The topological polar surface area (TPSA) is 52.7 Å². The van der Waals surface area contributed by atoms with Crippen LogP contribution in [0.4, 0.5) is 13.2 Å². The number of piperidine rings is 1. The first-order chi connectivity index (χ1) is 9.18. The van der Waals surface area contributed by atoms with E-state index in [9.17, 15) is 21.6 Å². The average Bonchev–Trinajstić information content (AvgIpc) is 2.34. The zero-order chi connectivity index (χ0) is 15.4. The van der Waals surface area contributed by atoms with Gasteiger partial charge in [0.1, 0.15) is 6.54 Å². The molecule has 9 heteroatoms. The predicted octanol–water partition coefficient (Wildman–Crippen LogP) is 1.19. The van der Waals surface area contributed by atoms with Gasteiger partial charge in [0.25, 0.3) is 10.2 Å². The van der Waals surface area contributed by atoms with Gasteiger partial charge in [-0.3, -0.25) is 0 Å². The Morgan fingerprint density at radius 1 is 1.35 bits per heavy atom. The molecule has 0 aliphatic carbocycles. The molecule has 1 aliphatic heterocycles. The first kappa shape index (κ1) is 17.7. The van der Waals surface area contributed by atoms with Gasteiger partial charge >= 0.3 is 6.18 Å². The first-order valence-corrected chi connectivity index (χ1v) is 8.08. The van der Waals surface area contributed by atoms with Crippen molar-refractivity contribution >= 4 is 10.2 Å². The Morgan fingerprint density at radius 2 is 2.00 bits per heavy atom. The Bertz CT molecular complexity index is 400. The monoisotopic (exact) mass is 317 g/mol. The van der Waals surface area contributed by atoms with E-state index in [1.165, 1.54) is 4.31 Å². The van der Waals surface area contributed by atoms with Gasteiger partial charge in [-0.1, -0.05) is 13.3 Å². The highest BCUT2D eigenvalue weighted by Gasteiger charge is 2.39. The van der Waals surface area contributed by atoms with Crippen LogP contribution in [0.1, 0.15) is 26.2 Å². The molecule has 1 unspecified atom stereocenters. The summed E-state index contributed by atoms with van der Waals surface area (Å²) >= 11 is 0. The maximum Gasteiger partial charge on any atom is 0.402 e. The molecule has 0 bridgehead atoms. The van der Waals surface area contributed by atoms with Gasteiger partial charge in [0.2, 0.25) is 0 Å². The number of nitrogens with one attached hydrogen (secondary N) is 1. The lowest BCUT2D eigenvalue weighted by Gasteiger charge is -2.37. The van der Waals surface area contributed by atoms with E-state index in [-0.39, 0.29) is 12.6 Å². The van der Waals surface area contributed by atoms with Crippen LogP contribution in [0.3, 0.4) is 0 Å². The lowest BCUT2D eigenvalue weighted by atomic mass is 10.1. The highest BCUT2D eigenvalue weighted by atomic mass is 32.2. The van der Waals surface area contributed by atoms with Crippen molar-refractivity contribution < 1.29 is 21.6 Å². The van der Waals surface area contributed by atoms with Crippen molar-refractivity contribution in [1.82, 2.24) is 13.9 Å². The second kappa shape index (κ2) is 7.06. The minimum atomic E-state index is -4.53. The SMILES string of the molecule is CCNCC1CCCCN1S(=O)(=O)N(C)CC(F)(F)F. The van der Waals surface area contributed by atoms with Crippen LogP contribution >= 0.6 is 0 Å². The summed E-state index contributed by atoms with van der Waals surface area (Å²) in [7, 11) is -3.09. The normalized spacial score (nSPS) is 22.4. The standard InChI is InChI=1S/C11H22F3N3O2S/c1-3-15-8-10-6-4-5-7-17(10)20(18,19)16(2)9-11(12,13)14/h10,15H,3-9H2,1-2H3. The second-order valence-electron chi connectivity index (χ2n) is 4.95. The lowest BCUT2D eigenvalue weighted by molar-refractivity contribution is -0.134. The molecule has 1 aliphatic rings. The molecule has 20 heavy (non-hydrogen) atoms. The van der Waals surface area contributed by atoms with Gasteiger partial charge in [0, 0.05) is 26.2 Å². The second-order valence-corrected chi connectivity index (χ2v) is 6.94. The molecule has 1 atom stereocenters. The van der Waals surface area contributed by atoms with E-state index in [1.807, 2.05) is 6.92 Å². The molecule has 0 aromatic carbocycles. The van der Waals surface area contributed by atoms with E-state index < -0.39 is 22.9 Å². The first-order valence-electron chi connectivity index (χ1n) is 6.69. The summed E-state index contributed by atoms with van der Waals surface area (Å²) < 4.78 is 63.2. The Morgan fingerprint density at radius 3 is 2.55 bits per heavy atom. The number of hydrogen-bond acceptors (Lipinski definition) is 3. The van der Waals surface area contributed by atoms with Crippen LogP contribution in [0.5, 0.6) is 0 Å². The maximum absolute atomic E-state index is 12.4. The fourth-order valence-electron chi connectivity index (χ4n) is 2.31. The largest absolute Gasteiger partial charge is 0.402 e. The molecule has 5 nitrogen and oxygen atoms in total. The van der Waals surface area contributed by atoms with Gasteiger partial charge in [-0.25, -0.2) is 0 Å². The molecule has 120 valence electrons. The molecule has 0 aromatic heterocycles. The molecule has 1 fully saturated rings. The quantitative estimate of drug-likeness (QED) is 0.801. The average molecular weight is 317 g/mol. The van der Waals surface area contributed by atoms with Crippen molar-refractivity contribution in [2.24, 2.45) is 0 Å². The minimum Gasteiger partial charge on any atom is -0.315 e. The minimum absolute atomic E-state index is 0.274. The highest BCUT2D eigenvalue weighted by molar-refractivity contribution is 7.86. The summed E-state index contributed by atoms with van der Waals surface area (Å²) in [6.07, 6.45) is -2.28. The number of nitrogens with zero attached hydrogens (tertiary/aromatic N) is 2. The molecule has 1 saturated heterocycles. The fourth-order valence-corrected chi connectivity index (χ4v) is 3.89. The lowest BCUT2D eigenvalue weighted by Crippen LogP contribution is -2.53. The Kier molecular flexibility index (Phi) is 6.24. The predicted molar refractivity (Wildman–Crippen MR) is 70.5 cm³/mol. The third kappa shape index (κ3) is 4.87. The van der Waals surface area contributed by atoms with E-state index in [2.05, 4.69) is 5.32 Å². The zero-order valence-electron chi connectivity index (χ0n) is 11.8. The molecule has 0 spiro atoms. The van der Waals surface area contributed by atoms with E-state index in [0.717, 1.165) is 13.5 Å². The van der Waals surface area contributed by atoms with Crippen LogP contribution in [0, 0.1) is 0 Å². The van der Waals surface area contributed by atoms with Crippen LogP contribution in [0.2, 0.25) is 0 Å². The van der Waals surface area contributed by atoms with Gasteiger partial charge in [0.15, 0.2) is 0 Å².